The highest BCUT2D eigenvalue weighted by Gasteiger charge is 2.17. The number of thiazole rings is 1. The van der Waals surface area contributed by atoms with Crippen molar-refractivity contribution in [2.75, 3.05) is 30.9 Å². The number of anilines is 2. The van der Waals surface area contributed by atoms with Gasteiger partial charge < -0.3 is 19.9 Å². The van der Waals surface area contributed by atoms with Crippen LogP contribution in [-0.2, 0) is 4.74 Å². The Hall–Kier alpha value is -2.85. The maximum Gasteiger partial charge on any atom is 0.276 e. The minimum absolute atomic E-state index is 0.203. The molecule has 0 radical (unpaired) electrons. The van der Waals surface area contributed by atoms with Gasteiger partial charge in [0, 0.05) is 43.0 Å². The summed E-state index contributed by atoms with van der Waals surface area (Å²) in [6, 6.07) is 3.79. The maximum atomic E-state index is 12.5. The Morgan fingerprint density at radius 2 is 2.26 bits per heavy atom. The number of pyridine rings is 1. The first-order valence-electron chi connectivity index (χ1n) is 8.44. The molecule has 27 heavy (non-hydrogen) atoms. The van der Waals surface area contributed by atoms with Crippen molar-refractivity contribution in [3.63, 3.8) is 0 Å². The Morgan fingerprint density at radius 3 is 3.04 bits per heavy atom. The molecule has 0 aromatic carbocycles. The topological polar surface area (TPSA) is 107 Å². The van der Waals surface area contributed by atoms with Crippen molar-refractivity contribution in [3.05, 3.63) is 35.7 Å². The largest absolute Gasteiger partial charge is 0.383 e. The van der Waals surface area contributed by atoms with Gasteiger partial charge in [-0.25, -0.2) is 9.97 Å². The van der Waals surface area contributed by atoms with E-state index in [0.29, 0.717) is 35.5 Å². The average molecular weight is 387 g/mol. The fourth-order valence-corrected chi connectivity index (χ4v) is 3.13. The van der Waals surface area contributed by atoms with Crippen LogP contribution < -0.4 is 10.6 Å². The molecule has 0 fully saturated rings. The maximum absolute atomic E-state index is 12.5. The molecule has 3 rings (SSSR count). The number of hydrogen-bond donors (Lipinski definition) is 2. The summed E-state index contributed by atoms with van der Waals surface area (Å²) in [5, 5.41) is 16.3. The van der Waals surface area contributed by atoms with E-state index in [2.05, 4.69) is 30.8 Å². The van der Waals surface area contributed by atoms with E-state index in [0.717, 1.165) is 5.69 Å². The second kappa shape index (κ2) is 8.69. The van der Waals surface area contributed by atoms with Crippen LogP contribution in [0.1, 0.15) is 30.4 Å². The third-order valence-electron chi connectivity index (χ3n) is 3.69. The summed E-state index contributed by atoms with van der Waals surface area (Å²) in [5.74, 6) is 0.772. The zero-order chi connectivity index (χ0) is 19.2. The number of aromatic nitrogens is 5. The van der Waals surface area contributed by atoms with Crippen molar-refractivity contribution in [1.29, 1.82) is 0 Å². The van der Waals surface area contributed by atoms with Crippen LogP contribution in [0.3, 0.4) is 0 Å². The van der Waals surface area contributed by atoms with Gasteiger partial charge in [-0.2, -0.15) is 0 Å². The fourth-order valence-electron chi connectivity index (χ4n) is 2.34. The van der Waals surface area contributed by atoms with E-state index >= 15 is 0 Å². The Balaban J connectivity index is 1.70. The zero-order valence-electron chi connectivity index (χ0n) is 15.3. The van der Waals surface area contributed by atoms with Crippen LogP contribution in [0.4, 0.5) is 11.5 Å². The van der Waals surface area contributed by atoms with Crippen molar-refractivity contribution in [2.45, 2.75) is 19.9 Å². The Labute approximate surface area is 160 Å². The Bertz CT molecular complexity index is 906. The molecule has 0 saturated heterocycles. The SMILES string of the molecule is COCCNc1ccnc(NC(=O)c2csc(-c3nncn3C(C)C)n2)c1. The van der Waals surface area contributed by atoms with Crippen molar-refractivity contribution in [3.8, 4) is 10.8 Å². The Kier molecular flexibility index (Phi) is 6.09. The van der Waals surface area contributed by atoms with E-state index in [-0.39, 0.29) is 11.9 Å². The molecule has 10 heteroatoms. The lowest BCUT2D eigenvalue weighted by molar-refractivity contribution is 0.102. The van der Waals surface area contributed by atoms with E-state index in [1.54, 1.807) is 31.1 Å². The molecule has 2 N–H and O–H groups in total. The summed E-state index contributed by atoms with van der Waals surface area (Å²) in [7, 11) is 1.64. The molecular weight excluding hydrogens is 366 g/mol. The number of hydrogen-bond acceptors (Lipinski definition) is 8. The lowest BCUT2D eigenvalue weighted by Crippen LogP contribution is -2.14. The van der Waals surface area contributed by atoms with E-state index < -0.39 is 0 Å². The molecule has 0 unspecified atom stereocenters. The summed E-state index contributed by atoms with van der Waals surface area (Å²) in [6.45, 7) is 5.33. The molecule has 1 amide bonds. The monoisotopic (exact) mass is 387 g/mol. The van der Waals surface area contributed by atoms with Crippen molar-refractivity contribution in [1.82, 2.24) is 24.7 Å². The van der Waals surface area contributed by atoms with Gasteiger partial charge in [-0.05, 0) is 19.9 Å². The molecule has 9 nitrogen and oxygen atoms in total. The third kappa shape index (κ3) is 4.66. The van der Waals surface area contributed by atoms with Crippen molar-refractivity contribution < 1.29 is 9.53 Å². The van der Waals surface area contributed by atoms with Crippen LogP contribution in [0.15, 0.2) is 30.0 Å². The predicted octanol–water partition coefficient (Wildman–Crippen LogP) is 2.69. The summed E-state index contributed by atoms with van der Waals surface area (Å²) in [6.07, 6.45) is 3.29. The predicted molar refractivity (Wildman–Crippen MR) is 104 cm³/mol. The van der Waals surface area contributed by atoms with E-state index in [1.807, 2.05) is 24.5 Å². The van der Waals surface area contributed by atoms with Crippen LogP contribution in [0.2, 0.25) is 0 Å². The van der Waals surface area contributed by atoms with Crippen LogP contribution in [0, 0.1) is 0 Å². The lowest BCUT2D eigenvalue weighted by atomic mass is 10.3. The smallest absolute Gasteiger partial charge is 0.276 e. The number of ether oxygens (including phenoxy) is 1. The van der Waals surface area contributed by atoms with Gasteiger partial charge in [0.15, 0.2) is 10.8 Å². The minimum Gasteiger partial charge on any atom is -0.383 e. The van der Waals surface area contributed by atoms with E-state index in [4.69, 9.17) is 4.74 Å². The lowest BCUT2D eigenvalue weighted by Gasteiger charge is -2.08. The Morgan fingerprint density at radius 1 is 1.41 bits per heavy atom. The molecule has 0 atom stereocenters. The molecule has 0 aliphatic heterocycles. The highest BCUT2D eigenvalue weighted by molar-refractivity contribution is 7.13. The second-order valence-corrected chi connectivity index (χ2v) is 6.86. The minimum atomic E-state index is -0.324. The highest BCUT2D eigenvalue weighted by atomic mass is 32.1. The van der Waals surface area contributed by atoms with E-state index in [1.165, 1.54) is 11.3 Å². The molecule has 142 valence electrons. The van der Waals surface area contributed by atoms with E-state index in [9.17, 15) is 4.79 Å². The standard InChI is InChI=1S/C17H21N7O2S/c1-11(2)24-10-20-23-15(24)17-21-13(9-27-17)16(25)22-14-8-12(4-5-19-14)18-6-7-26-3/h4-5,8-11H,6-7H2,1-3H3,(H2,18,19,22,25). The first-order chi connectivity index (χ1) is 13.1. The second-order valence-electron chi connectivity index (χ2n) is 6.00. The normalized spacial score (nSPS) is 11.0. The van der Waals surface area contributed by atoms with Crippen LogP contribution in [-0.4, -0.2) is 50.9 Å². The van der Waals surface area contributed by atoms with Gasteiger partial charge in [-0.3, -0.25) is 4.79 Å². The number of amides is 1. The molecule has 3 heterocycles. The van der Waals surface area contributed by atoms with Gasteiger partial charge in [0.1, 0.15) is 17.8 Å². The number of rotatable bonds is 8. The van der Waals surface area contributed by atoms with Gasteiger partial charge in [-0.15, -0.1) is 21.5 Å². The summed E-state index contributed by atoms with van der Waals surface area (Å²) < 4.78 is 6.92. The van der Waals surface area contributed by atoms with Gasteiger partial charge in [0.05, 0.1) is 6.61 Å². The number of nitrogens with one attached hydrogen (secondary N) is 2. The highest BCUT2D eigenvalue weighted by Crippen LogP contribution is 2.24. The van der Waals surface area contributed by atoms with Crippen LogP contribution >= 0.6 is 11.3 Å². The first kappa shape index (κ1) is 18.9. The number of carbonyl (C=O) groups excluding carboxylic acids is 1. The molecule has 0 spiro atoms. The van der Waals surface area contributed by atoms with Gasteiger partial charge >= 0.3 is 0 Å². The molecule has 3 aromatic rings. The molecule has 0 saturated carbocycles. The molecule has 0 aliphatic carbocycles. The molecule has 3 aromatic heterocycles. The van der Waals surface area contributed by atoms with Gasteiger partial charge in [0.25, 0.3) is 5.91 Å². The molecule has 0 aliphatic rings. The first-order valence-corrected chi connectivity index (χ1v) is 9.32. The van der Waals surface area contributed by atoms with Crippen molar-refractivity contribution >= 4 is 28.7 Å². The number of methoxy groups -OCH3 is 1. The summed E-state index contributed by atoms with van der Waals surface area (Å²) in [4.78, 5) is 21.1. The zero-order valence-corrected chi connectivity index (χ0v) is 16.2. The van der Waals surface area contributed by atoms with Gasteiger partial charge in [0.2, 0.25) is 0 Å². The fraction of sp³-hybridized carbons (Fsp3) is 0.353. The van der Waals surface area contributed by atoms with Crippen LogP contribution in [0.5, 0.6) is 0 Å². The van der Waals surface area contributed by atoms with Gasteiger partial charge in [-0.1, -0.05) is 0 Å². The quantitative estimate of drug-likeness (QED) is 0.572. The summed E-state index contributed by atoms with van der Waals surface area (Å²) in [5.41, 5.74) is 1.16. The van der Waals surface area contributed by atoms with Crippen molar-refractivity contribution in [2.24, 2.45) is 0 Å². The summed E-state index contributed by atoms with van der Waals surface area (Å²) >= 11 is 1.35. The van der Waals surface area contributed by atoms with Crippen LogP contribution in [0.25, 0.3) is 10.8 Å². The molecule has 0 bridgehead atoms. The average Bonchev–Trinajstić information content (AvgIpc) is 3.31. The number of nitrogens with zero attached hydrogens (tertiary/aromatic N) is 5. The number of carbonyl (C=O) groups is 1. The third-order valence-corrected chi connectivity index (χ3v) is 4.53. The molecular formula is C17H21N7O2S.